The number of nitriles is 1. The molecule has 0 fully saturated rings. The van der Waals surface area contributed by atoms with Crippen LogP contribution in [0, 0.1) is 11.3 Å². The molecule has 3 rings (SSSR count). The molecule has 0 spiro atoms. The molecule has 2 nitrogen and oxygen atoms in total. The lowest BCUT2D eigenvalue weighted by atomic mass is 9.99. The minimum atomic E-state index is 0.491. The summed E-state index contributed by atoms with van der Waals surface area (Å²) in [5, 5.41) is 10.8. The van der Waals surface area contributed by atoms with Crippen molar-refractivity contribution in [2.24, 2.45) is 0 Å². The van der Waals surface area contributed by atoms with Crippen LogP contribution in [-0.2, 0) is 0 Å². The Morgan fingerprint density at radius 1 is 0.870 bits per heavy atom. The lowest BCUT2D eigenvalue weighted by Crippen LogP contribution is -1.93. The zero-order valence-electron chi connectivity index (χ0n) is 11.7. The Bertz CT molecular complexity index is 898. The highest BCUT2D eigenvalue weighted by molar-refractivity contribution is 9.10. The average molecular weight is 404 g/mol. The monoisotopic (exact) mass is 402 g/mol. The van der Waals surface area contributed by atoms with E-state index in [-0.39, 0.29) is 0 Å². The van der Waals surface area contributed by atoms with Crippen LogP contribution in [-0.4, -0.2) is 4.98 Å². The van der Waals surface area contributed by atoms with Crippen molar-refractivity contribution in [3.05, 3.63) is 74.8 Å². The van der Waals surface area contributed by atoms with Gasteiger partial charge in [0.2, 0.25) is 0 Å². The Hall–Kier alpha value is -1.86. The molecular formula is C18H9BrCl2N2. The normalized spacial score (nSPS) is 10.3. The van der Waals surface area contributed by atoms with Crippen molar-refractivity contribution in [3.63, 3.8) is 0 Å². The van der Waals surface area contributed by atoms with Crippen molar-refractivity contribution in [2.75, 3.05) is 0 Å². The minimum absolute atomic E-state index is 0.491. The maximum Gasteiger partial charge on any atom is 0.125 e. The Balaban J connectivity index is 2.20. The molecule has 112 valence electrons. The van der Waals surface area contributed by atoms with Crippen LogP contribution in [0.15, 0.2) is 59.2 Å². The first-order chi connectivity index (χ1) is 11.1. The maximum atomic E-state index is 9.45. The van der Waals surface area contributed by atoms with Crippen molar-refractivity contribution < 1.29 is 0 Å². The fourth-order valence-corrected chi connectivity index (χ4v) is 2.99. The number of pyridine rings is 1. The zero-order valence-corrected chi connectivity index (χ0v) is 14.8. The fourth-order valence-electron chi connectivity index (χ4n) is 2.25. The lowest BCUT2D eigenvalue weighted by molar-refractivity contribution is 1.25. The van der Waals surface area contributed by atoms with Crippen molar-refractivity contribution >= 4 is 39.1 Å². The van der Waals surface area contributed by atoms with Crippen LogP contribution in [0.3, 0.4) is 0 Å². The SMILES string of the molecule is N#Cc1c(-c2ccc(Cl)cc2)cc(-c2ccc(Cl)cc2)nc1Br. The van der Waals surface area contributed by atoms with Crippen LogP contribution in [0.2, 0.25) is 10.0 Å². The third-order valence-electron chi connectivity index (χ3n) is 3.38. The molecule has 3 aromatic rings. The van der Waals surface area contributed by atoms with Crippen LogP contribution >= 0.6 is 39.1 Å². The summed E-state index contributed by atoms with van der Waals surface area (Å²) in [5.41, 5.74) is 3.89. The summed E-state index contributed by atoms with van der Waals surface area (Å²) < 4.78 is 0.511. The number of halogens is 3. The van der Waals surface area contributed by atoms with Crippen molar-refractivity contribution in [3.8, 4) is 28.5 Å². The summed E-state index contributed by atoms with van der Waals surface area (Å²) >= 11 is 15.3. The standard InChI is InChI=1S/C18H9BrCl2N2/c19-18-16(10-22)15(11-1-5-13(20)6-2-11)9-17(23-18)12-3-7-14(21)8-4-12/h1-9H. The molecule has 0 saturated heterocycles. The number of rotatable bonds is 2. The van der Waals surface area contributed by atoms with Crippen LogP contribution in [0.4, 0.5) is 0 Å². The minimum Gasteiger partial charge on any atom is -0.239 e. The van der Waals surface area contributed by atoms with Gasteiger partial charge in [0.25, 0.3) is 0 Å². The molecule has 0 bridgehead atoms. The van der Waals surface area contributed by atoms with Gasteiger partial charge in [-0.3, -0.25) is 0 Å². The first kappa shape index (κ1) is 16.0. The van der Waals surface area contributed by atoms with E-state index in [2.05, 4.69) is 27.0 Å². The Labute approximate surface area is 152 Å². The van der Waals surface area contributed by atoms with E-state index in [0.717, 1.165) is 22.4 Å². The zero-order chi connectivity index (χ0) is 16.4. The molecule has 0 aliphatic heterocycles. The van der Waals surface area contributed by atoms with Gasteiger partial charge in [-0.15, -0.1) is 0 Å². The van der Waals surface area contributed by atoms with Crippen molar-refractivity contribution in [2.45, 2.75) is 0 Å². The second-order valence-corrected chi connectivity index (χ2v) is 6.47. The highest BCUT2D eigenvalue weighted by atomic mass is 79.9. The summed E-state index contributed by atoms with van der Waals surface area (Å²) in [6.07, 6.45) is 0. The molecule has 2 aromatic carbocycles. The third-order valence-corrected chi connectivity index (χ3v) is 4.46. The summed E-state index contributed by atoms with van der Waals surface area (Å²) in [7, 11) is 0. The molecule has 1 aromatic heterocycles. The van der Waals surface area contributed by atoms with Gasteiger partial charge < -0.3 is 0 Å². The van der Waals surface area contributed by atoms with Crippen molar-refractivity contribution in [1.29, 1.82) is 5.26 Å². The molecule has 0 radical (unpaired) electrons. The largest absolute Gasteiger partial charge is 0.239 e. The quantitative estimate of drug-likeness (QED) is 0.467. The first-order valence-electron chi connectivity index (χ1n) is 6.71. The predicted molar refractivity (Wildman–Crippen MR) is 97.5 cm³/mol. The van der Waals surface area contributed by atoms with E-state index in [0.29, 0.717) is 20.2 Å². The molecule has 0 atom stereocenters. The van der Waals surface area contributed by atoms with Gasteiger partial charge in [0, 0.05) is 21.2 Å². The number of nitrogens with zero attached hydrogens (tertiary/aromatic N) is 2. The topological polar surface area (TPSA) is 36.7 Å². The molecule has 5 heteroatoms. The molecule has 23 heavy (non-hydrogen) atoms. The van der Waals surface area contributed by atoms with Gasteiger partial charge in [0.15, 0.2) is 0 Å². The summed E-state index contributed by atoms with van der Waals surface area (Å²) in [6, 6.07) is 18.9. The summed E-state index contributed by atoms with van der Waals surface area (Å²) in [5.74, 6) is 0. The van der Waals surface area contributed by atoms with Crippen LogP contribution in [0.1, 0.15) is 5.56 Å². The van der Waals surface area contributed by atoms with E-state index in [1.54, 1.807) is 12.1 Å². The van der Waals surface area contributed by atoms with Gasteiger partial charge in [0.05, 0.1) is 11.3 Å². The second kappa shape index (κ2) is 6.72. The van der Waals surface area contributed by atoms with E-state index >= 15 is 0 Å². The summed E-state index contributed by atoms with van der Waals surface area (Å²) in [4.78, 5) is 4.47. The van der Waals surface area contributed by atoms with Gasteiger partial charge in [0.1, 0.15) is 10.7 Å². The van der Waals surface area contributed by atoms with Crippen LogP contribution < -0.4 is 0 Å². The highest BCUT2D eigenvalue weighted by Gasteiger charge is 2.13. The Kier molecular flexibility index (Phi) is 4.68. The molecule has 0 aliphatic carbocycles. The lowest BCUT2D eigenvalue weighted by Gasteiger charge is -2.10. The maximum absolute atomic E-state index is 9.45. The predicted octanol–water partition coefficient (Wildman–Crippen LogP) is 6.36. The van der Waals surface area contributed by atoms with E-state index in [4.69, 9.17) is 23.2 Å². The molecule has 0 aliphatic rings. The van der Waals surface area contributed by atoms with Gasteiger partial charge in [-0.2, -0.15) is 5.26 Å². The summed E-state index contributed by atoms with van der Waals surface area (Å²) in [6.45, 7) is 0. The fraction of sp³-hybridized carbons (Fsp3) is 0. The third kappa shape index (κ3) is 3.40. The smallest absolute Gasteiger partial charge is 0.125 e. The number of hydrogen-bond acceptors (Lipinski definition) is 2. The van der Waals surface area contributed by atoms with E-state index in [1.807, 2.05) is 42.5 Å². The molecule has 0 N–H and O–H groups in total. The number of benzene rings is 2. The second-order valence-electron chi connectivity index (χ2n) is 4.85. The van der Waals surface area contributed by atoms with Gasteiger partial charge in [-0.05, 0) is 51.8 Å². The highest BCUT2D eigenvalue weighted by Crippen LogP contribution is 2.33. The van der Waals surface area contributed by atoms with Crippen LogP contribution in [0.5, 0.6) is 0 Å². The van der Waals surface area contributed by atoms with Gasteiger partial charge in [-0.25, -0.2) is 4.98 Å². The number of aromatic nitrogens is 1. The van der Waals surface area contributed by atoms with E-state index < -0.39 is 0 Å². The Morgan fingerprint density at radius 3 is 1.91 bits per heavy atom. The van der Waals surface area contributed by atoms with E-state index in [1.165, 1.54) is 0 Å². The molecule has 0 saturated carbocycles. The molecule has 0 unspecified atom stereocenters. The van der Waals surface area contributed by atoms with E-state index in [9.17, 15) is 5.26 Å². The number of hydrogen-bond donors (Lipinski definition) is 0. The molecular weight excluding hydrogens is 395 g/mol. The average Bonchev–Trinajstić information content (AvgIpc) is 2.55. The molecule has 1 heterocycles. The molecule has 0 amide bonds. The van der Waals surface area contributed by atoms with Gasteiger partial charge >= 0.3 is 0 Å². The Morgan fingerprint density at radius 2 is 1.39 bits per heavy atom. The van der Waals surface area contributed by atoms with Gasteiger partial charge in [-0.1, -0.05) is 47.5 Å². The first-order valence-corrected chi connectivity index (χ1v) is 8.26. The van der Waals surface area contributed by atoms with Crippen molar-refractivity contribution in [1.82, 2.24) is 4.98 Å². The van der Waals surface area contributed by atoms with Crippen LogP contribution in [0.25, 0.3) is 22.4 Å².